The minimum atomic E-state index is 0.140. The third-order valence-electron chi connectivity index (χ3n) is 6.46. The first-order chi connectivity index (χ1) is 17.5. The summed E-state index contributed by atoms with van der Waals surface area (Å²) in [7, 11) is 0. The van der Waals surface area contributed by atoms with Crippen molar-refractivity contribution in [1.82, 2.24) is 39.2 Å². The molecule has 5 aromatic rings. The van der Waals surface area contributed by atoms with Gasteiger partial charge in [0.25, 0.3) is 0 Å². The molecule has 6 rings (SSSR count). The normalized spacial score (nSPS) is 14.8. The summed E-state index contributed by atoms with van der Waals surface area (Å²) in [4.78, 5) is 26.1. The van der Waals surface area contributed by atoms with Gasteiger partial charge in [0.1, 0.15) is 0 Å². The monoisotopic (exact) mass is 505 g/mol. The smallest absolute Gasteiger partial charge is 0.227 e. The Bertz CT molecular complexity index is 1520. The van der Waals surface area contributed by atoms with Crippen molar-refractivity contribution in [3.8, 4) is 11.6 Å². The molecule has 1 amide bonds. The third kappa shape index (κ3) is 4.27. The number of hydrogen-bond donors (Lipinski definition) is 1. The highest BCUT2D eigenvalue weighted by molar-refractivity contribution is 6.30. The summed E-state index contributed by atoms with van der Waals surface area (Å²) in [6.45, 7) is 4.45. The molecular weight excluding hydrogens is 482 g/mol. The molecule has 184 valence electrons. The number of anilines is 1. The van der Waals surface area contributed by atoms with Gasteiger partial charge in [-0.15, -0.1) is 5.10 Å². The number of benzene rings is 1. The fourth-order valence-corrected chi connectivity index (χ4v) is 4.60. The van der Waals surface area contributed by atoms with Crippen LogP contribution in [0.5, 0.6) is 0 Å². The number of furan rings is 1. The lowest BCUT2D eigenvalue weighted by molar-refractivity contribution is -0.132. The number of piperazine rings is 1. The molecule has 0 bridgehead atoms. The number of amides is 1. The molecule has 1 aromatic carbocycles. The molecule has 1 fully saturated rings. The van der Waals surface area contributed by atoms with Crippen LogP contribution in [0.1, 0.15) is 5.56 Å². The number of carbonyl (C=O) groups excluding carboxylic acids is 1. The fourth-order valence-electron chi connectivity index (χ4n) is 4.48. The summed E-state index contributed by atoms with van der Waals surface area (Å²) in [5, 5.41) is 10.4. The molecule has 0 aliphatic carbocycles. The average molecular weight is 506 g/mol. The summed E-state index contributed by atoms with van der Waals surface area (Å²) in [6.07, 6.45) is 3.71. The van der Waals surface area contributed by atoms with E-state index in [1.807, 2.05) is 33.8 Å². The molecule has 11 nitrogen and oxygen atoms in total. The Balaban J connectivity index is 1.10. The Hall–Kier alpha value is -3.96. The maximum Gasteiger partial charge on any atom is 0.227 e. The van der Waals surface area contributed by atoms with E-state index in [2.05, 4.69) is 25.1 Å². The predicted octanol–water partition coefficient (Wildman–Crippen LogP) is 2.36. The lowest BCUT2D eigenvalue weighted by Crippen LogP contribution is -2.49. The second-order valence-electron chi connectivity index (χ2n) is 8.75. The summed E-state index contributed by atoms with van der Waals surface area (Å²) in [5.41, 5.74) is 8.41. The molecule has 4 aromatic heterocycles. The van der Waals surface area contributed by atoms with E-state index in [-0.39, 0.29) is 11.9 Å². The van der Waals surface area contributed by atoms with Crippen molar-refractivity contribution >= 4 is 40.1 Å². The molecule has 1 aliphatic rings. The van der Waals surface area contributed by atoms with Crippen LogP contribution in [-0.2, 0) is 17.8 Å². The highest BCUT2D eigenvalue weighted by Crippen LogP contribution is 2.23. The standard InChI is InChI=1S/C24H24ClN9O2/c25-17-5-3-16(4-6-17)14-20(35)32-10-7-31(8-11-32)9-12-33-22-18(15-27-33)23-28-21(19-2-1-13-36-19)30-34(23)24(26)29-22/h1-6,13,15H,7-12,14H2,(H2,26,29). The Labute approximate surface area is 211 Å². The van der Waals surface area contributed by atoms with Crippen LogP contribution in [0.2, 0.25) is 5.02 Å². The van der Waals surface area contributed by atoms with Gasteiger partial charge in [0.05, 0.1) is 30.8 Å². The number of nitrogen functional groups attached to an aromatic ring is 1. The van der Waals surface area contributed by atoms with Crippen molar-refractivity contribution in [1.29, 1.82) is 0 Å². The fraction of sp³-hybridized carbons (Fsp3) is 0.292. The van der Waals surface area contributed by atoms with E-state index < -0.39 is 0 Å². The van der Waals surface area contributed by atoms with Crippen LogP contribution in [0.25, 0.3) is 28.3 Å². The molecule has 1 saturated heterocycles. The van der Waals surface area contributed by atoms with Gasteiger partial charge < -0.3 is 15.1 Å². The van der Waals surface area contributed by atoms with Gasteiger partial charge in [0.2, 0.25) is 17.7 Å². The Morgan fingerprint density at radius 3 is 2.58 bits per heavy atom. The maximum atomic E-state index is 12.7. The van der Waals surface area contributed by atoms with Crippen LogP contribution in [0, 0.1) is 0 Å². The molecule has 1 aliphatic heterocycles. The van der Waals surface area contributed by atoms with Gasteiger partial charge in [0, 0.05) is 37.7 Å². The quantitative estimate of drug-likeness (QED) is 0.373. The Morgan fingerprint density at radius 2 is 1.83 bits per heavy atom. The Morgan fingerprint density at radius 1 is 1.03 bits per heavy atom. The molecule has 0 atom stereocenters. The summed E-state index contributed by atoms with van der Waals surface area (Å²) >= 11 is 5.94. The first kappa shape index (κ1) is 22.5. The zero-order valence-corrected chi connectivity index (χ0v) is 20.2. The van der Waals surface area contributed by atoms with Gasteiger partial charge in [-0.05, 0) is 29.8 Å². The summed E-state index contributed by atoms with van der Waals surface area (Å²) in [6, 6.07) is 11.0. The van der Waals surface area contributed by atoms with Gasteiger partial charge >= 0.3 is 0 Å². The number of rotatable bonds is 6. The van der Waals surface area contributed by atoms with Crippen LogP contribution in [0.15, 0.2) is 53.3 Å². The second-order valence-corrected chi connectivity index (χ2v) is 9.19. The van der Waals surface area contributed by atoms with Gasteiger partial charge in [-0.25, -0.2) is 9.67 Å². The predicted molar refractivity (Wildman–Crippen MR) is 134 cm³/mol. The zero-order chi connectivity index (χ0) is 24.6. The molecule has 0 saturated carbocycles. The van der Waals surface area contributed by atoms with E-state index in [0.717, 1.165) is 30.6 Å². The van der Waals surface area contributed by atoms with Gasteiger partial charge in [-0.3, -0.25) is 9.69 Å². The van der Waals surface area contributed by atoms with Crippen molar-refractivity contribution in [2.75, 3.05) is 38.5 Å². The van der Waals surface area contributed by atoms with E-state index in [0.29, 0.717) is 54.0 Å². The van der Waals surface area contributed by atoms with Gasteiger partial charge in [0.15, 0.2) is 17.1 Å². The number of nitrogens with two attached hydrogens (primary N) is 1. The molecule has 0 unspecified atom stereocenters. The van der Waals surface area contributed by atoms with Crippen molar-refractivity contribution < 1.29 is 9.21 Å². The highest BCUT2D eigenvalue weighted by atomic mass is 35.5. The SMILES string of the molecule is Nc1nc2c(cnn2CCN2CCN(C(=O)Cc3ccc(Cl)cc3)CC2)c2nc(-c3ccco3)nn12. The van der Waals surface area contributed by atoms with E-state index in [9.17, 15) is 4.79 Å². The Kier molecular flexibility index (Phi) is 5.78. The van der Waals surface area contributed by atoms with Crippen LogP contribution in [-0.4, -0.2) is 77.8 Å². The molecule has 36 heavy (non-hydrogen) atoms. The maximum absolute atomic E-state index is 12.7. The number of halogens is 1. The molecular formula is C24H24ClN9O2. The zero-order valence-electron chi connectivity index (χ0n) is 19.4. The minimum Gasteiger partial charge on any atom is -0.461 e. The second kappa shape index (κ2) is 9.25. The highest BCUT2D eigenvalue weighted by Gasteiger charge is 2.22. The first-order valence-electron chi connectivity index (χ1n) is 11.7. The largest absolute Gasteiger partial charge is 0.461 e. The van der Waals surface area contributed by atoms with E-state index in [1.165, 1.54) is 4.52 Å². The van der Waals surface area contributed by atoms with Crippen molar-refractivity contribution in [3.63, 3.8) is 0 Å². The topological polar surface area (TPSA) is 124 Å². The lowest BCUT2D eigenvalue weighted by Gasteiger charge is -2.34. The van der Waals surface area contributed by atoms with E-state index in [4.69, 9.17) is 21.8 Å². The van der Waals surface area contributed by atoms with Crippen molar-refractivity contribution in [2.24, 2.45) is 0 Å². The average Bonchev–Trinajstić information content (AvgIpc) is 3.64. The van der Waals surface area contributed by atoms with Crippen LogP contribution in [0.4, 0.5) is 5.95 Å². The molecule has 5 heterocycles. The summed E-state index contributed by atoms with van der Waals surface area (Å²) in [5.74, 6) is 1.37. The van der Waals surface area contributed by atoms with E-state index in [1.54, 1.807) is 24.6 Å². The number of aromatic nitrogens is 6. The van der Waals surface area contributed by atoms with Crippen LogP contribution >= 0.6 is 11.6 Å². The number of hydrogen-bond acceptors (Lipinski definition) is 8. The van der Waals surface area contributed by atoms with Crippen molar-refractivity contribution in [3.05, 3.63) is 59.4 Å². The molecule has 0 radical (unpaired) electrons. The molecule has 2 N–H and O–H groups in total. The molecule has 0 spiro atoms. The van der Waals surface area contributed by atoms with Gasteiger partial charge in [-0.1, -0.05) is 23.7 Å². The van der Waals surface area contributed by atoms with Crippen LogP contribution < -0.4 is 5.73 Å². The summed E-state index contributed by atoms with van der Waals surface area (Å²) < 4.78 is 8.76. The van der Waals surface area contributed by atoms with Crippen molar-refractivity contribution in [2.45, 2.75) is 13.0 Å². The number of carbonyl (C=O) groups is 1. The number of fused-ring (bicyclic) bond motifs is 3. The van der Waals surface area contributed by atoms with Gasteiger partial charge in [-0.2, -0.15) is 14.6 Å². The third-order valence-corrected chi connectivity index (χ3v) is 6.71. The van der Waals surface area contributed by atoms with E-state index >= 15 is 0 Å². The van der Waals surface area contributed by atoms with Crippen LogP contribution in [0.3, 0.4) is 0 Å². The molecule has 12 heteroatoms. The first-order valence-corrected chi connectivity index (χ1v) is 12.1. The lowest BCUT2D eigenvalue weighted by atomic mass is 10.1. The number of nitrogens with zero attached hydrogens (tertiary/aromatic N) is 8. The minimum absolute atomic E-state index is 0.140.